The molecule has 31 heavy (non-hydrogen) atoms. The molecule has 1 N–H and O–H groups in total. The minimum atomic E-state index is -4.18. The van der Waals surface area contributed by atoms with Crippen LogP contribution in [0.15, 0.2) is 34.9 Å². The number of morpholine rings is 1. The first-order valence-electron chi connectivity index (χ1n) is 9.44. The summed E-state index contributed by atoms with van der Waals surface area (Å²) in [5, 5.41) is 2.79. The number of rotatable bonds is 6. The summed E-state index contributed by atoms with van der Waals surface area (Å²) < 4.78 is 43.6. The van der Waals surface area contributed by atoms with Gasteiger partial charge in [-0.2, -0.15) is 13.2 Å². The smallest absolute Gasteiger partial charge is 0.378 e. The lowest BCUT2D eigenvalue weighted by atomic mass is 10.3. The Morgan fingerprint density at radius 1 is 1.23 bits per heavy atom. The predicted octanol–water partition coefficient (Wildman–Crippen LogP) is 4.22. The van der Waals surface area contributed by atoms with E-state index in [2.05, 4.69) is 20.3 Å². The van der Waals surface area contributed by atoms with Gasteiger partial charge in [-0.25, -0.2) is 9.97 Å². The third-order valence-electron chi connectivity index (χ3n) is 4.43. The molecule has 0 spiro atoms. The summed E-state index contributed by atoms with van der Waals surface area (Å²) in [6, 6.07) is 5.17. The number of nitrogens with zero attached hydrogens (tertiary/aromatic N) is 4. The van der Waals surface area contributed by atoms with Crippen molar-refractivity contribution in [3.8, 4) is 0 Å². The molecule has 4 rings (SSSR count). The SMILES string of the molecule is O=C(Nc1ccc2nc(SCCC(F)(F)F)sc2c1)c1cncc(N2CCOCC2)n1. The van der Waals surface area contributed by atoms with Crippen molar-refractivity contribution in [1.29, 1.82) is 0 Å². The van der Waals surface area contributed by atoms with Gasteiger partial charge in [-0.3, -0.25) is 9.78 Å². The van der Waals surface area contributed by atoms with Crippen molar-refractivity contribution in [2.45, 2.75) is 16.9 Å². The number of hydrogen-bond acceptors (Lipinski definition) is 8. The fourth-order valence-corrected chi connectivity index (χ4v) is 5.06. The summed E-state index contributed by atoms with van der Waals surface area (Å²) in [5.41, 5.74) is 1.41. The Labute approximate surface area is 184 Å². The van der Waals surface area contributed by atoms with Gasteiger partial charge in [0.05, 0.1) is 42.2 Å². The molecule has 1 amide bonds. The molecule has 164 valence electrons. The second-order valence-corrected chi connectivity index (χ2v) is 9.06. The van der Waals surface area contributed by atoms with Crippen molar-refractivity contribution < 1.29 is 22.7 Å². The molecule has 1 saturated heterocycles. The molecule has 3 heterocycles. The summed E-state index contributed by atoms with van der Waals surface area (Å²) in [6.07, 6.45) is -2.02. The first-order valence-corrected chi connectivity index (χ1v) is 11.2. The predicted molar refractivity (Wildman–Crippen MR) is 114 cm³/mol. The number of anilines is 2. The lowest BCUT2D eigenvalue weighted by molar-refractivity contribution is -0.129. The number of halogens is 3. The van der Waals surface area contributed by atoms with Crippen LogP contribution in [0.4, 0.5) is 24.7 Å². The van der Waals surface area contributed by atoms with Crippen molar-refractivity contribution in [3.05, 3.63) is 36.3 Å². The maximum Gasteiger partial charge on any atom is 0.389 e. The van der Waals surface area contributed by atoms with Crippen molar-refractivity contribution in [3.63, 3.8) is 0 Å². The Morgan fingerprint density at radius 3 is 2.81 bits per heavy atom. The first-order chi connectivity index (χ1) is 14.9. The molecule has 0 atom stereocenters. The van der Waals surface area contributed by atoms with E-state index < -0.39 is 18.5 Å². The van der Waals surface area contributed by atoms with E-state index in [4.69, 9.17) is 4.74 Å². The van der Waals surface area contributed by atoms with Gasteiger partial charge in [-0.15, -0.1) is 11.3 Å². The Morgan fingerprint density at radius 2 is 2.03 bits per heavy atom. The highest BCUT2D eigenvalue weighted by Crippen LogP contribution is 2.33. The third kappa shape index (κ3) is 5.83. The molecule has 0 aliphatic carbocycles. The van der Waals surface area contributed by atoms with Gasteiger partial charge in [-0.05, 0) is 18.2 Å². The van der Waals surface area contributed by atoms with Gasteiger partial charge in [0.15, 0.2) is 4.34 Å². The molecule has 0 saturated carbocycles. The maximum atomic E-state index is 12.6. The Bertz CT molecular complexity index is 1070. The van der Waals surface area contributed by atoms with E-state index in [9.17, 15) is 18.0 Å². The molecule has 1 fully saturated rings. The van der Waals surface area contributed by atoms with Crippen LogP contribution in [0.3, 0.4) is 0 Å². The van der Waals surface area contributed by atoms with E-state index in [1.807, 2.05) is 4.90 Å². The van der Waals surface area contributed by atoms with Gasteiger partial charge >= 0.3 is 6.18 Å². The van der Waals surface area contributed by atoms with E-state index in [1.165, 1.54) is 17.5 Å². The van der Waals surface area contributed by atoms with Crippen LogP contribution in [0.25, 0.3) is 10.2 Å². The number of carbonyl (C=O) groups is 1. The number of amides is 1. The van der Waals surface area contributed by atoms with E-state index >= 15 is 0 Å². The van der Waals surface area contributed by atoms with Gasteiger partial charge in [0.2, 0.25) is 0 Å². The number of fused-ring (bicyclic) bond motifs is 1. The topological polar surface area (TPSA) is 80.2 Å². The molecule has 7 nitrogen and oxygen atoms in total. The largest absolute Gasteiger partial charge is 0.389 e. The number of ether oxygens (including phenoxy) is 1. The van der Waals surface area contributed by atoms with Crippen LogP contribution in [-0.2, 0) is 4.74 Å². The molecule has 2 aromatic heterocycles. The van der Waals surface area contributed by atoms with Crippen LogP contribution < -0.4 is 10.2 Å². The number of hydrogen-bond donors (Lipinski definition) is 1. The monoisotopic (exact) mass is 469 g/mol. The fraction of sp³-hybridized carbons (Fsp3) is 0.368. The first kappa shape index (κ1) is 21.8. The van der Waals surface area contributed by atoms with Crippen molar-refractivity contribution in [2.24, 2.45) is 0 Å². The third-order valence-corrected chi connectivity index (χ3v) is 6.59. The molecule has 0 bridgehead atoms. The highest BCUT2D eigenvalue weighted by Gasteiger charge is 2.26. The lowest BCUT2D eigenvalue weighted by Gasteiger charge is -2.27. The fourth-order valence-electron chi connectivity index (χ4n) is 2.90. The number of carbonyl (C=O) groups excluding carboxylic acids is 1. The van der Waals surface area contributed by atoms with Crippen molar-refractivity contribution >= 4 is 50.7 Å². The molecular formula is C19H18F3N5O2S2. The highest BCUT2D eigenvalue weighted by atomic mass is 32.2. The summed E-state index contributed by atoms with van der Waals surface area (Å²) in [5.74, 6) is 0.145. The van der Waals surface area contributed by atoms with E-state index in [0.717, 1.165) is 16.5 Å². The van der Waals surface area contributed by atoms with Crippen LogP contribution in [0.2, 0.25) is 0 Å². The van der Waals surface area contributed by atoms with Gasteiger partial charge in [0, 0.05) is 24.5 Å². The summed E-state index contributed by atoms with van der Waals surface area (Å²) in [4.78, 5) is 27.5. The van der Waals surface area contributed by atoms with E-state index in [0.29, 0.717) is 47.7 Å². The van der Waals surface area contributed by atoms with Crippen LogP contribution in [-0.4, -0.2) is 59.1 Å². The number of nitrogens with one attached hydrogen (secondary N) is 1. The quantitative estimate of drug-likeness (QED) is 0.542. The van der Waals surface area contributed by atoms with Crippen molar-refractivity contribution in [2.75, 3.05) is 42.3 Å². The van der Waals surface area contributed by atoms with Crippen LogP contribution in [0.5, 0.6) is 0 Å². The van der Waals surface area contributed by atoms with Gasteiger partial charge < -0.3 is 15.0 Å². The Hall–Kier alpha value is -2.44. The van der Waals surface area contributed by atoms with E-state index in [-0.39, 0.29) is 11.4 Å². The molecule has 1 aromatic carbocycles. The molecule has 3 aromatic rings. The number of thioether (sulfide) groups is 1. The molecule has 1 aliphatic heterocycles. The molecule has 1 aliphatic rings. The molecule has 0 radical (unpaired) electrons. The average Bonchev–Trinajstić information content (AvgIpc) is 3.15. The standard InChI is InChI=1S/C19H18F3N5O2S2/c20-19(21,22)3-8-30-18-26-13-2-1-12(9-15(13)31-18)24-17(28)14-10-23-11-16(25-14)27-4-6-29-7-5-27/h1-2,9-11H,3-8H2,(H,24,28). The summed E-state index contributed by atoms with van der Waals surface area (Å²) >= 11 is 2.37. The Kier molecular flexibility index (Phi) is 6.58. The van der Waals surface area contributed by atoms with Crippen molar-refractivity contribution in [1.82, 2.24) is 15.0 Å². The maximum absolute atomic E-state index is 12.6. The van der Waals surface area contributed by atoms with E-state index in [1.54, 1.807) is 24.4 Å². The molecular weight excluding hydrogens is 451 g/mol. The number of benzene rings is 1. The zero-order valence-corrected chi connectivity index (χ0v) is 17.8. The van der Waals surface area contributed by atoms with Gasteiger partial charge in [-0.1, -0.05) is 11.8 Å². The summed E-state index contributed by atoms with van der Waals surface area (Å²) in [7, 11) is 0. The highest BCUT2D eigenvalue weighted by molar-refractivity contribution is 8.01. The number of aromatic nitrogens is 3. The van der Waals surface area contributed by atoms with Crippen LogP contribution >= 0.6 is 23.1 Å². The number of alkyl halides is 3. The van der Waals surface area contributed by atoms with Gasteiger partial charge in [0.1, 0.15) is 11.5 Å². The molecule has 12 heteroatoms. The molecule has 0 unspecified atom stereocenters. The zero-order chi connectivity index (χ0) is 21.8. The Balaban J connectivity index is 1.42. The average molecular weight is 470 g/mol. The zero-order valence-electron chi connectivity index (χ0n) is 16.2. The minimum Gasteiger partial charge on any atom is -0.378 e. The summed E-state index contributed by atoms with van der Waals surface area (Å²) in [6.45, 7) is 2.57. The second kappa shape index (κ2) is 9.37. The van der Waals surface area contributed by atoms with Crippen LogP contribution in [0, 0.1) is 0 Å². The minimum absolute atomic E-state index is 0.0783. The normalized spacial score (nSPS) is 14.7. The second-order valence-electron chi connectivity index (χ2n) is 6.69. The van der Waals surface area contributed by atoms with Gasteiger partial charge in [0.25, 0.3) is 5.91 Å². The lowest BCUT2D eigenvalue weighted by Crippen LogP contribution is -2.37. The number of thiazole rings is 1. The van der Waals surface area contributed by atoms with Crippen LogP contribution in [0.1, 0.15) is 16.9 Å².